The molecule has 292 valence electrons. The molecule has 3 unspecified atom stereocenters. The van der Waals surface area contributed by atoms with Crippen LogP contribution in [0.5, 0.6) is 0 Å². The molecule has 0 heterocycles. The molecule has 0 radical (unpaired) electrons. The summed E-state index contributed by atoms with van der Waals surface area (Å²) in [4.78, 5) is 12.4. The van der Waals surface area contributed by atoms with Crippen molar-refractivity contribution in [3.05, 3.63) is 48.6 Å². The summed E-state index contributed by atoms with van der Waals surface area (Å²) in [5.41, 5.74) is 0. The van der Waals surface area contributed by atoms with Gasteiger partial charge in [-0.25, -0.2) is 0 Å². The Labute approximate surface area is 310 Å². The standard InChI is InChI=1S/C45H83NO4/c1-3-5-7-9-11-13-15-16-17-18-19-20-21-22-23-24-25-26-27-29-30-32-34-36-38-42(48)40-45(50)46-43(41-47)44(49)39-37-35-33-31-28-14-12-10-8-6-4-2/h8,10,22-23,28,31,37,39,42-44,47-49H,3-7,9,11-21,24-27,29-30,32-36,38,40-41H2,1-2H3,(H,46,50)/b10-8+,23-22-,31-28+,39-37+. The van der Waals surface area contributed by atoms with Crippen LogP contribution in [0.25, 0.3) is 0 Å². The van der Waals surface area contributed by atoms with E-state index in [9.17, 15) is 20.1 Å². The second kappa shape index (κ2) is 40.1. The molecule has 50 heavy (non-hydrogen) atoms. The predicted molar refractivity (Wildman–Crippen MR) is 217 cm³/mol. The van der Waals surface area contributed by atoms with E-state index in [0.717, 1.165) is 44.9 Å². The van der Waals surface area contributed by atoms with Crippen molar-refractivity contribution < 1.29 is 20.1 Å². The molecule has 0 spiro atoms. The van der Waals surface area contributed by atoms with Crippen LogP contribution >= 0.6 is 0 Å². The average molecular weight is 702 g/mol. The van der Waals surface area contributed by atoms with Gasteiger partial charge in [0, 0.05) is 0 Å². The Morgan fingerprint density at radius 2 is 0.900 bits per heavy atom. The molecular formula is C45H83NO4. The predicted octanol–water partition coefficient (Wildman–Crippen LogP) is 12.2. The first-order valence-corrected chi connectivity index (χ1v) is 21.4. The Balaban J connectivity index is 3.64. The monoisotopic (exact) mass is 702 g/mol. The van der Waals surface area contributed by atoms with Crippen LogP contribution in [0.3, 0.4) is 0 Å². The minimum absolute atomic E-state index is 0.000828. The summed E-state index contributed by atoms with van der Waals surface area (Å²) in [6.07, 6.45) is 51.2. The number of carbonyl (C=O) groups is 1. The Bertz CT molecular complexity index is 820. The van der Waals surface area contributed by atoms with E-state index in [1.165, 1.54) is 135 Å². The van der Waals surface area contributed by atoms with E-state index in [0.29, 0.717) is 6.42 Å². The van der Waals surface area contributed by atoms with E-state index < -0.39 is 18.2 Å². The van der Waals surface area contributed by atoms with Crippen LogP contribution in [0.15, 0.2) is 48.6 Å². The van der Waals surface area contributed by atoms with Crippen LogP contribution in [0, 0.1) is 0 Å². The van der Waals surface area contributed by atoms with E-state index >= 15 is 0 Å². The van der Waals surface area contributed by atoms with Crippen LogP contribution in [0.2, 0.25) is 0 Å². The Morgan fingerprint density at radius 1 is 0.500 bits per heavy atom. The van der Waals surface area contributed by atoms with Gasteiger partial charge in [0.2, 0.25) is 5.91 Å². The number of hydrogen-bond acceptors (Lipinski definition) is 4. The molecule has 0 aromatic rings. The second-order valence-corrected chi connectivity index (χ2v) is 14.6. The summed E-state index contributed by atoms with van der Waals surface area (Å²) in [5, 5.41) is 33.1. The third-order valence-electron chi connectivity index (χ3n) is 9.55. The highest BCUT2D eigenvalue weighted by atomic mass is 16.3. The second-order valence-electron chi connectivity index (χ2n) is 14.6. The number of carbonyl (C=O) groups excluding carboxylic acids is 1. The molecule has 0 saturated heterocycles. The smallest absolute Gasteiger partial charge is 0.222 e. The third kappa shape index (κ3) is 36.1. The van der Waals surface area contributed by atoms with Crippen molar-refractivity contribution in [3.8, 4) is 0 Å². The summed E-state index contributed by atoms with van der Waals surface area (Å²) in [5.74, 6) is -0.334. The maximum atomic E-state index is 12.4. The van der Waals surface area contributed by atoms with E-state index in [4.69, 9.17) is 0 Å². The topological polar surface area (TPSA) is 89.8 Å². The van der Waals surface area contributed by atoms with E-state index in [1.807, 2.05) is 6.08 Å². The van der Waals surface area contributed by atoms with Crippen LogP contribution in [0.1, 0.15) is 206 Å². The number of nitrogens with one attached hydrogen (secondary N) is 1. The first-order chi connectivity index (χ1) is 24.5. The van der Waals surface area contributed by atoms with Crippen LogP contribution in [-0.2, 0) is 4.79 Å². The molecule has 0 saturated carbocycles. The lowest BCUT2D eigenvalue weighted by Crippen LogP contribution is -2.45. The lowest BCUT2D eigenvalue weighted by Gasteiger charge is -2.21. The van der Waals surface area contributed by atoms with Gasteiger partial charge in [-0.05, 0) is 64.2 Å². The Kier molecular flexibility index (Phi) is 38.7. The molecule has 4 N–H and O–H groups in total. The zero-order valence-electron chi connectivity index (χ0n) is 33.0. The lowest BCUT2D eigenvalue weighted by atomic mass is 10.0. The molecule has 5 heteroatoms. The largest absolute Gasteiger partial charge is 0.394 e. The number of amides is 1. The Morgan fingerprint density at radius 3 is 1.36 bits per heavy atom. The van der Waals surface area contributed by atoms with Crippen molar-refractivity contribution >= 4 is 5.91 Å². The highest BCUT2D eigenvalue weighted by molar-refractivity contribution is 5.76. The quantitative estimate of drug-likeness (QED) is 0.0381. The lowest BCUT2D eigenvalue weighted by molar-refractivity contribution is -0.124. The molecule has 0 aliphatic heterocycles. The van der Waals surface area contributed by atoms with Gasteiger partial charge in [0.1, 0.15) is 0 Å². The van der Waals surface area contributed by atoms with Crippen molar-refractivity contribution in [2.45, 2.75) is 225 Å². The van der Waals surface area contributed by atoms with Gasteiger partial charge < -0.3 is 20.6 Å². The highest BCUT2D eigenvalue weighted by Gasteiger charge is 2.20. The van der Waals surface area contributed by atoms with Crippen molar-refractivity contribution in [1.29, 1.82) is 0 Å². The van der Waals surface area contributed by atoms with Gasteiger partial charge in [-0.3, -0.25) is 4.79 Å². The number of aliphatic hydroxyl groups excluding tert-OH is 3. The zero-order valence-corrected chi connectivity index (χ0v) is 33.0. The van der Waals surface area contributed by atoms with Crippen molar-refractivity contribution in [1.82, 2.24) is 5.32 Å². The molecule has 0 aromatic heterocycles. The molecular weight excluding hydrogens is 618 g/mol. The maximum absolute atomic E-state index is 12.4. The number of unbranched alkanes of at least 4 members (excludes halogenated alkanes) is 23. The van der Waals surface area contributed by atoms with Gasteiger partial charge in [0.05, 0.1) is 31.3 Å². The highest BCUT2D eigenvalue weighted by Crippen LogP contribution is 2.15. The minimum Gasteiger partial charge on any atom is -0.394 e. The van der Waals surface area contributed by atoms with Gasteiger partial charge >= 0.3 is 0 Å². The average Bonchev–Trinajstić information content (AvgIpc) is 3.11. The normalized spacial score (nSPS) is 14.1. The summed E-state index contributed by atoms with van der Waals surface area (Å²) in [7, 11) is 0. The van der Waals surface area contributed by atoms with Crippen LogP contribution in [0.4, 0.5) is 0 Å². The van der Waals surface area contributed by atoms with E-state index in [2.05, 4.69) is 55.6 Å². The fourth-order valence-electron chi connectivity index (χ4n) is 6.26. The van der Waals surface area contributed by atoms with Gasteiger partial charge in [-0.15, -0.1) is 0 Å². The van der Waals surface area contributed by atoms with Crippen molar-refractivity contribution in [2.75, 3.05) is 6.61 Å². The fraction of sp³-hybridized carbons (Fsp3) is 0.800. The molecule has 3 atom stereocenters. The molecule has 0 fully saturated rings. The summed E-state index contributed by atoms with van der Waals surface area (Å²) in [6, 6.07) is -0.767. The van der Waals surface area contributed by atoms with Gasteiger partial charge in [-0.1, -0.05) is 184 Å². The number of hydrogen-bond donors (Lipinski definition) is 4. The molecule has 1 amide bonds. The van der Waals surface area contributed by atoms with Crippen LogP contribution in [-0.4, -0.2) is 46.1 Å². The number of allylic oxidation sites excluding steroid dienone is 7. The molecule has 0 bridgehead atoms. The fourth-order valence-corrected chi connectivity index (χ4v) is 6.26. The SMILES string of the molecule is CCC/C=C/CC/C=C/CC/C=C/C(O)C(CO)NC(=O)CC(O)CCCCCCCCCC/C=C\CCCCCCCCCCCCCC. The zero-order chi connectivity index (χ0) is 36.6. The van der Waals surface area contributed by atoms with Crippen molar-refractivity contribution in [2.24, 2.45) is 0 Å². The van der Waals surface area contributed by atoms with E-state index in [-0.39, 0.29) is 18.9 Å². The summed E-state index contributed by atoms with van der Waals surface area (Å²) >= 11 is 0. The molecule has 0 aromatic carbocycles. The summed E-state index contributed by atoms with van der Waals surface area (Å²) < 4.78 is 0. The third-order valence-corrected chi connectivity index (χ3v) is 9.55. The van der Waals surface area contributed by atoms with Gasteiger partial charge in [0.15, 0.2) is 0 Å². The number of rotatable bonds is 38. The van der Waals surface area contributed by atoms with Gasteiger partial charge in [0.25, 0.3) is 0 Å². The Hall–Kier alpha value is -1.69. The van der Waals surface area contributed by atoms with Crippen LogP contribution < -0.4 is 5.32 Å². The summed E-state index contributed by atoms with van der Waals surface area (Å²) in [6.45, 7) is 4.12. The van der Waals surface area contributed by atoms with Gasteiger partial charge in [-0.2, -0.15) is 0 Å². The van der Waals surface area contributed by atoms with E-state index in [1.54, 1.807) is 6.08 Å². The number of aliphatic hydroxyl groups is 3. The maximum Gasteiger partial charge on any atom is 0.222 e. The first-order valence-electron chi connectivity index (χ1n) is 21.4. The molecule has 0 aliphatic rings. The van der Waals surface area contributed by atoms with Crippen molar-refractivity contribution in [3.63, 3.8) is 0 Å². The molecule has 0 rings (SSSR count). The molecule has 5 nitrogen and oxygen atoms in total. The first kappa shape index (κ1) is 48.3. The molecule has 0 aliphatic carbocycles. The minimum atomic E-state index is -0.959.